The number of hydrogen-bond donors (Lipinski definition) is 1. The number of benzene rings is 3. The minimum absolute atomic E-state index is 0.0755. The van der Waals surface area contributed by atoms with Gasteiger partial charge in [0, 0.05) is 11.3 Å². The number of rotatable bonds is 5. The topological polar surface area (TPSA) is 110 Å². The molecule has 0 atom stereocenters. The quantitative estimate of drug-likeness (QED) is 0.462. The monoisotopic (exact) mass is 456 g/mol. The predicted molar refractivity (Wildman–Crippen MR) is 119 cm³/mol. The largest absolute Gasteiger partial charge is 0.322 e. The van der Waals surface area contributed by atoms with Crippen LogP contribution in [0.25, 0.3) is 5.69 Å². The van der Waals surface area contributed by atoms with Gasteiger partial charge in [-0.2, -0.15) is 4.68 Å². The maximum Gasteiger partial charge on any atom is 0.261 e. The van der Waals surface area contributed by atoms with Crippen molar-refractivity contribution in [2.24, 2.45) is 0 Å². The molecule has 1 aromatic heterocycles. The Morgan fingerprint density at radius 3 is 2.47 bits per heavy atom. The molecule has 0 fully saturated rings. The van der Waals surface area contributed by atoms with Gasteiger partial charge in [0.05, 0.1) is 17.7 Å². The molecule has 1 N–H and O–H groups in total. The summed E-state index contributed by atoms with van der Waals surface area (Å²) in [5.41, 5.74) is 1.80. The molecule has 0 radical (unpaired) electrons. The van der Waals surface area contributed by atoms with Gasteiger partial charge in [-0.1, -0.05) is 30.3 Å². The van der Waals surface area contributed by atoms with Crippen LogP contribution in [0.4, 0.5) is 10.1 Å². The summed E-state index contributed by atoms with van der Waals surface area (Å²) < 4.78 is 15.5. The number of hydrogen-bond acceptors (Lipinski definition) is 6. The molecular formula is C24H17FN6O3. The maximum absolute atomic E-state index is 14.3. The fourth-order valence-electron chi connectivity index (χ4n) is 3.75. The average Bonchev–Trinajstić information content (AvgIpc) is 3.37. The van der Waals surface area contributed by atoms with Crippen LogP contribution in [0.5, 0.6) is 0 Å². The number of fused-ring (bicyclic) bond motifs is 1. The minimum Gasteiger partial charge on any atom is -0.322 e. The van der Waals surface area contributed by atoms with Crippen molar-refractivity contribution >= 4 is 23.4 Å². The molecular weight excluding hydrogens is 439 g/mol. The van der Waals surface area contributed by atoms with Gasteiger partial charge in [0.1, 0.15) is 11.5 Å². The van der Waals surface area contributed by atoms with Crippen LogP contribution in [0.2, 0.25) is 0 Å². The number of nitrogens with zero attached hydrogens (tertiary/aromatic N) is 5. The molecule has 34 heavy (non-hydrogen) atoms. The van der Waals surface area contributed by atoms with Crippen LogP contribution in [0.1, 0.15) is 42.5 Å². The molecule has 168 valence electrons. The summed E-state index contributed by atoms with van der Waals surface area (Å²) in [6.07, 6.45) is 0. The number of anilines is 1. The van der Waals surface area contributed by atoms with Crippen molar-refractivity contribution in [3.8, 4) is 5.69 Å². The summed E-state index contributed by atoms with van der Waals surface area (Å²) in [6, 6.07) is 17.5. The first-order valence-corrected chi connectivity index (χ1v) is 10.3. The summed E-state index contributed by atoms with van der Waals surface area (Å²) in [4.78, 5) is 39.7. The summed E-state index contributed by atoms with van der Waals surface area (Å²) in [6.45, 7) is 1.76. The molecule has 1 aliphatic rings. The van der Waals surface area contributed by atoms with Gasteiger partial charge in [-0.3, -0.25) is 19.3 Å². The number of carbonyl (C=O) groups excluding carboxylic acids is 3. The number of amides is 3. The molecule has 4 aromatic rings. The molecule has 0 saturated carbocycles. The molecule has 10 heteroatoms. The van der Waals surface area contributed by atoms with E-state index in [0.29, 0.717) is 11.5 Å². The Labute approximate surface area is 192 Å². The zero-order valence-electron chi connectivity index (χ0n) is 17.9. The lowest BCUT2D eigenvalue weighted by Gasteiger charge is -2.13. The van der Waals surface area contributed by atoms with Gasteiger partial charge in [0.2, 0.25) is 0 Å². The van der Waals surface area contributed by atoms with Crippen molar-refractivity contribution < 1.29 is 18.8 Å². The number of tetrazole rings is 1. The Kier molecular flexibility index (Phi) is 5.17. The minimum atomic E-state index is -0.562. The molecule has 2 heterocycles. The second-order valence-corrected chi connectivity index (χ2v) is 7.70. The fourth-order valence-corrected chi connectivity index (χ4v) is 3.75. The lowest BCUT2D eigenvalue weighted by atomic mass is 10.1. The highest BCUT2D eigenvalue weighted by molar-refractivity contribution is 6.22. The first kappa shape index (κ1) is 21.1. The Morgan fingerprint density at radius 1 is 0.971 bits per heavy atom. The highest BCUT2D eigenvalue weighted by Gasteiger charge is 2.36. The van der Waals surface area contributed by atoms with Crippen molar-refractivity contribution in [2.45, 2.75) is 13.5 Å². The zero-order chi connectivity index (χ0) is 23.8. The third-order valence-corrected chi connectivity index (χ3v) is 5.47. The third-order valence-electron chi connectivity index (χ3n) is 5.47. The van der Waals surface area contributed by atoms with Crippen molar-refractivity contribution in [3.05, 3.63) is 101 Å². The zero-order valence-corrected chi connectivity index (χ0v) is 17.9. The second-order valence-electron chi connectivity index (χ2n) is 7.70. The number of aryl methyl sites for hydroxylation is 1. The van der Waals surface area contributed by atoms with Gasteiger partial charge in [0.25, 0.3) is 17.7 Å². The molecule has 0 unspecified atom stereocenters. The lowest BCUT2D eigenvalue weighted by Crippen LogP contribution is -2.29. The smallest absolute Gasteiger partial charge is 0.261 e. The van der Waals surface area contributed by atoms with Crippen LogP contribution in [-0.4, -0.2) is 42.8 Å². The second kappa shape index (κ2) is 8.32. The summed E-state index contributed by atoms with van der Waals surface area (Å²) in [7, 11) is 0. The van der Waals surface area contributed by atoms with E-state index in [1.54, 1.807) is 6.92 Å². The van der Waals surface area contributed by atoms with E-state index in [2.05, 4.69) is 20.8 Å². The van der Waals surface area contributed by atoms with Gasteiger partial charge in [-0.15, -0.1) is 5.10 Å². The van der Waals surface area contributed by atoms with E-state index in [1.165, 1.54) is 41.1 Å². The number of imide groups is 1. The van der Waals surface area contributed by atoms with Gasteiger partial charge in [0.15, 0.2) is 5.82 Å². The van der Waals surface area contributed by atoms with E-state index < -0.39 is 23.5 Å². The van der Waals surface area contributed by atoms with Crippen molar-refractivity contribution in [1.29, 1.82) is 0 Å². The van der Waals surface area contributed by atoms with Crippen LogP contribution in [0.3, 0.4) is 0 Å². The normalized spacial score (nSPS) is 12.7. The number of nitrogens with one attached hydrogen (secondary N) is 1. The molecule has 3 aromatic carbocycles. The molecule has 0 aliphatic carbocycles. The van der Waals surface area contributed by atoms with E-state index in [4.69, 9.17) is 0 Å². The summed E-state index contributed by atoms with van der Waals surface area (Å²) in [5.74, 6) is -1.57. The van der Waals surface area contributed by atoms with E-state index >= 15 is 0 Å². The summed E-state index contributed by atoms with van der Waals surface area (Å²) >= 11 is 0. The molecule has 0 bridgehead atoms. The molecule has 0 spiro atoms. The first-order chi connectivity index (χ1) is 16.4. The number of halogens is 1. The average molecular weight is 456 g/mol. The van der Waals surface area contributed by atoms with Crippen LogP contribution < -0.4 is 5.32 Å². The van der Waals surface area contributed by atoms with E-state index in [0.717, 1.165) is 10.5 Å². The van der Waals surface area contributed by atoms with Crippen molar-refractivity contribution in [2.75, 3.05) is 5.32 Å². The van der Waals surface area contributed by atoms with Gasteiger partial charge in [-0.25, -0.2) is 4.39 Å². The van der Waals surface area contributed by atoms with Gasteiger partial charge >= 0.3 is 0 Å². The molecule has 1 aliphatic heterocycles. The standard InChI is InChI=1S/C24H17FN6O3/c1-14-27-28-29-31(14)21-12-17(8-10-20(21)25)26-22(32)16-7-9-18-19(11-16)24(34)30(23(18)33)13-15-5-3-2-4-6-15/h2-12H,13H2,1H3,(H,26,32). The first-order valence-electron chi connectivity index (χ1n) is 10.3. The number of carbonyl (C=O) groups is 3. The van der Waals surface area contributed by atoms with E-state index in [-0.39, 0.29) is 28.9 Å². The van der Waals surface area contributed by atoms with Crippen LogP contribution in [0.15, 0.2) is 66.7 Å². The summed E-state index contributed by atoms with van der Waals surface area (Å²) in [5, 5.41) is 13.7. The van der Waals surface area contributed by atoms with Crippen LogP contribution in [-0.2, 0) is 6.54 Å². The number of aromatic nitrogens is 4. The Balaban J connectivity index is 1.38. The van der Waals surface area contributed by atoms with Crippen molar-refractivity contribution in [3.63, 3.8) is 0 Å². The molecule has 0 saturated heterocycles. The highest BCUT2D eigenvalue weighted by Crippen LogP contribution is 2.26. The van der Waals surface area contributed by atoms with E-state index in [9.17, 15) is 18.8 Å². The van der Waals surface area contributed by atoms with Crippen LogP contribution in [0, 0.1) is 12.7 Å². The molecule has 9 nitrogen and oxygen atoms in total. The molecule has 3 amide bonds. The van der Waals surface area contributed by atoms with Gasteiger partial charge in [-0.05, 0) is 59.3 Å². The Bertz CT molecular complexity index is 1450. The van der Waals surface area contributed by atoms with Crippen molar-refractivity contribution in [1.82, 2.24) is 25.1 Å². The lowest BCUT2D eigenvalue weighted by molar-refractivity contribution is 0.0642. The van der Waals surface area contributed by atoms with Crippen LogP contribution >= 0.6 is 0 Å². The third kappa shape index (κ3) is 3.71. The van der Waals surface area contributed by atoms with Gasteiger partial charge < -0.3 is 5.32 Å². The molecule has 5 rings (SSSR count). The maximum atomic E-state index is 14.3. The highest BCUT2D eigenvalue weighted by atomic mass is 19.1. The SMILES string of the molecule is Cc1nnnn1-c1cc(NC(=O)c2ccc3c(c2)C(=O)N(Cc2ccccc2)C3=O)ccc1F. The Morgan fingerprint density at radius 2 is 1.74 bits per heavy atom. The van der Waals surface area contributed by atoms with E-state index in [1.807, 2.05) is 30.3 Å². The Hall–Kier alpha value is -4.73. The fraction of sp³-hybridized carbons (Fsp3) is 0.0833. The predicted octanol–water partition coefficient (Wildman–Crippen LogP) is 3.16.